The highest BCUT2D eigenvalue weighted by Gasteiger charge is 2.06. The third-order valence-corrected chi connectivity index (χ3v) is 2.97. The first-order chi connectivity index (χ1) is 7.67. The quantitative estimate of drug-likeness (QED) is 0.580. The molecule has 0 saturated carbocycles. The molecule has 0 radical (unpaired) electrons. The average Bonchev–Trinajstić information content (AvgIpc) is 2.30. The van der Waals surface area contributed by atoms with Gasteiger partial charge in [0.05, 0.1) is 0 Å². The van der Waals surface area contributed by atoms with Crippen molar-refractivity contribution in [3.8, 4) is 0 Å². The zero-order valence-electron chi connectivity index (χ0n) is 9.17. The van der Waals surface area contributed by atoms with Gasteiger partial charge in [-0.1, -0.05) is 35.0 Å². The van der Waals surface area contributed by atoms with E-state index in [1.54, 1.807) is 0 Å². The summed E-state index contributed by atoms with van der Waals surface area (Å²) < 4.78 is 1.03. The minimum absolute atomic E-state index is 0.170. The number of ketones is 1. The summed E-state index contributed by atoms with van der Waals surface area (Å²) >= 11 is 9.06. The number of Topliss-reactive ketones (excluding diaryl/α,β-unsaturated/α-hetero) is 1. The Bertz CT molecular complexity index is 381. The topological polar surface area (TPSA) is 17.1 Å². The fourth-order valence-corrected chi connectivity index (χ4v) is 1.85. The molecule has 0 unspecified atom stereocenters. The van der Waals surface area contributed by atoms with E-state index in [2.05, 4.69) is 15.9 Å². The lowest BCUT2D eigenvalue weighted by molar-refractivity contribution is -0.115. The summed E-state index contributed by atoms with van der Waals surface area (Å²) in [5.41, 5.74) is 1.84. The second-order valence-corrected chi connectivity index (χ2v) is 4.73. The molecule has 0 aliphatic rings. The van der Waals surface area contributed by atoms with Crippen molar-refractivity contribution >= 4 is 39.4 Å². The lowest BCUT2D eigenvalue weighted by Crippen LogP contribution is -2.01. The molecule has 0 aliphatic heterocycles. The first-order valence-corrected chi connectivity index (χ1v) is 6.55. The normalized spacial score (nSPS) is 11.6. The van der Waals surface area contributed by atoms with Crippen LogP contribution in [0.3, 0.4) is 0 Å². The highest BCUT2D eigenvalue weighted by atomic mass is 79.9. The van der Waals surface area contributed by atoms with E-state index in [-0.39, 0.29) is 5.78 Å². The van der Waals surface area contributed by atoms with E-state index in [1.165, 1.54) is 0 Å². The van der Waals surface area contributed by atoms with Crippen molar-refractivity contribution in [3.63, 3.8) is 0 Å². The van der Waals surface area contributed by atoms with Gasteiger partial charge in [0.1, 0.15) is 0 Å². The Morgan fingerprint density at radius 1 is 1.38 bits per heavy atom. The van der Waals surface area contributed by atoms with Gasteiger partial charge in [-0.15, -0.1) is 11.6 Å². The van der Waals surface area contributed by atoms with Crippen LogP contribution in [0.5, 0.6) is 0 Å². The van der Waals surface area contributed by atoms with Crippen LogP contribution in [-0.4, -0.2) is 11.7 Å². The minimum Gasteiger partial charge on any atom is -0.295 e. The van der Waals surface area contributed by atoms with Crippen LogP contribution in [0.4, 0.5) is 0 Å². The molecule has 1 aromatic rings. The zero-order valence-corrected chi connectivity index (χ0v) is 11.5. The maximum Gasteiger partial charge on any atom is 0.158 e. The van der Waals surface area contributed by atoms with Gasteiger partial charge in [-0.25, -0.2) is 0 Å². The van der Waals surface area contributed by atoms with Crippen molar-refractivity contribution in [3.05, 3.63) is 39.9 Å². The molecule has 0 saturated heterocycles. The van der Waals surface area contributed by atoms with Crippen LogP contribution >= 0.6 is 27.5 Å². The van der Waals surface area contributed by atoms with E-state index in [4.69, 9.17) is 11.6 Å². The predicted molar refractivity (Wildman–Crippen MR) is 72.8 cm³/mol. The molecular weight excluding hydrogens is 287 g/mol. The molecule has 1 aromatic carbocycles. The van der Waals surface area contributed by atoms with Gasteiger partial charge in [0.15, 0.2) is 5.78 Å². The van der Waals surface area contributed by atoms with E-state index < -0.39 is 0 Å². The number of alkyl halides is 1. The molecule has 0 atom stereocenters. The van der Waals surface area contributed by atoms with E-state index in [9.17, 15) is 4.79 Å². The Balaban J connectivity index is 2.92. The van der Waals surface area contributed by atoms with Crippen LogP contribution in [0.1, 0.15) is 25.3 Å². The van der Waals surface area contributed by atoms with Crippen LogP contribution in [0.25, 0.3) is 6.08 Å². The van der Waals surface area contributed by atoms with Crippen molar-refractivity contribution in [1.82, 2.24) is 0 Å². The van der Waals surface area contributed by atoms with Crippen molar-refractivity contribution in [1.29, 1.82) is 0 Å². The zero-order chi connectivity index (χ0) is 12.0. The number of benzene rings is 1. The molecular formula is C13H14BrClO. The molecule has 1 nitrogen and oxygen atoms in total. The third-order valence-electron chi connectivity index (χ3n) is 2.25. The summed E-state index contributed by atoms with van der Waals surface area (Å²) in [5, 5.41) is 0. The lowest BCUT2D eigenvalue weighted by atomic mass is 10.0. The van der Waals surface area contributed by atoms with Gasteiger partial charge in [-0.05, 0) is 35.8 Å². The van der Waals surface area contributed by atoms with Crippen LogP contribution in [-0.2, 0) is 4.79 Å². The molecule has 0 fully saturated rings. The highest BCUT2D eigenvalue weighted by molar-refractivity contribution is 9.10. The second kappa shape index (κ2) is 6.87. The molecule has 0 spiro atoms. The van der Waals surface area contributed by atoms with Crippen molar-refractivity contribution < 1.29 is 4.79 Å². The van der Waals surface area contributed by atoms with E-state index >= 15 is 0 Å². The fraction of sp³-hybridized carbons (Fsp3) is 0.308. The Morgan fingerprint density at radius 3 is 2.50 bits per heavy atom. The molecule has 0 heterocycles. The molecule has 0 amide bonds. The Hall–Kier alpha value is -0.600. The molecule has 3 heteroatoms. The summed E-state index contributed by atoms with van der Waals surface area (Å²) in [4.78, 5) is 11.6. The Morgan fingerprint density at radius 2 is 2.00 bits per heavy atom. The molecule has 86 valence electrons. The summed E-state index contributed by atoms with van der Waals surface area (Å²) in [7, 11) is 0. The third kappa shape index (κ3) is 4.11. The molecule has 0 aliphatic carbocycles. The van der Waals surface area contributed by atoms with Crippen molar-refractivity contribution in [2.24, 2.45) is 0 Å². The molecule has 16 heavy (non-hydrogen) atoms. The fourth-order valence-electron chi connectivity index (χ4n) is 1.38. The molecule has 1 rings (SSSR count). The number of carbonyl (C=O) groups excluding carboxylic acids is 1. The van der Waals surface area contributed by atoms with Crippen LogP contribution < -0.4 is 0 Å². The number of carbonyl (C=O) groups is 1. The number of halogens is 2. The van der Waals surface area contributed by atoms with Gasteiger partial charge in [0.2, 0.25) is 0 Å². The molecule has 0 N–H and O–H groups in total. The monoisotopic (exact) mass is 300 g/mol. The summed E-state index contributed by atoms with van der Waals surface area (Å²) in [5.74, 6) is 0.650. The second-order valence-electron chi connectivity index (χ2n) is 3.44. The maximum absolute atomic E-state index is 11.6. The van der Waals surface area contributed by atoms with Crippen LogP contribution in [0.15, 0.2) is 34.3 Å². The Labute approximate surface area is 110 Å². The standard InChI is InChI=1S/C13H14BrClO/c1-2-13(16)11(7-8-15)9-10-3-5-12(14)6-4-10/h3-6,9H,2,7-8H2,1H3/b11-9+. The number of allylic oxidation sites excluding steroid dienone is 1. The largest absolute Gasteiger partial charge is 0.295 e. The highest BCUT2D eigenvalue weighted by Crippen LogP contribution is 2.16. The van der Waals surface area contributed by atoms with E-state index in [1.807, 2.05) is 37.3 Å². The number of rotatable bonds is 5. The Kier molecular flexibility index (Phi) is 5.78. The maximum atomic E-state index is 11.6. The van der Waals surface area contributed by atoms with Crippen molar-refractivity contribution in [2.45, 2.75) is 19.8 Å². The van der Waals surface area contributed by atoms with Gasteiger partial charge >= 0.3 is 0 Å². The van der Waals surface area contributed by atoms with Gasteiger partial charge in [0, 0.05) is 16.8 Å². The first kappa shape index (κ1) is 13.5. The average molecular weight is 302 g/mol. The van der Waals surface area contributed by atoms with Gasteiger partial charge < -0.3 is 0 Å². The van der Waals surface area contributed by atoms with E-state index in [0.717, 1.165) is 15.6 Å². The number of hydrogen-bond donors (Lipinski definition) is 0. The van der Waals surface area contributed by atoms with Crippen molar-refractivity contribution in [2.75, 3.05) is 5.88 Å². The summed E-state index contributed by atoms with van der Waals surface area (Å²) in [6.45, 7) is 1.87. The van der Waals surface area contributed by atoms with Gasteiger partial charge in [-0.2, -0.15) is 0 Å². The van der Waals surface area contributed by atoms with Gasteiger partial charge in [-0.3, -0.25) is 4.79 Å². The summed E-state index contributed by atoms with van der Waals surface area (Å²) in [6.07, 6.45) is 3.07. The molecule has 0 bridgehead atoms. The van der Waals surface area contributed by atoms with E-state index in [0.29, 0.717) is 18.7 Å². The SMILES string of the molecule is CCC(=O)/C(=C/c1ccc(Br)cc1)CCCl. The minimum atomic E-state index is 0.170. The summed E-state index contributed by atoms with van der Waals surface area (Å²) in [6, 6.07) is 7.86. The van der Waals surface area contributed by atoms with Crippen LogP contribution in [0, 0.1) is 0 Å². The first-order valence-electron chi connectivity index (χ1n) is 5.22. The molecule has 0 aromatic heterocycles. The van der Waals surface area contributed by atoms with Crippen LogP contribution in [0.2, 0.25) is 0 Å². The van der Waals surface area contributed by atoms with Gasteiger partial charge in [0.25, 0.3) is 0 Å². The smallest absolute Gasteiger partial charge is 0.158 e. The number of hydrogen-bond acceptors (Lipinski definition) is 1. The lowest BCUT2D eigenvalue weighted by Gasteiger charge is -2.03. The predicted octanol–water partition coefficient (Wildman–Crippen LogP) is 4.44.